The van der Waals surface area contributed by atoms with Crippen LogP contribution in [0.2, 0.25) is 0 Å². The molecule has 2 aromatic heterocycles. The Morgan fingerprint density at radius 2 is 1.79 bits per heavy atom. The van der Waals surface area contributed by atoms with Crippen LogP contribution in [0.3, 0.4) is 0 Å². The molecule has 0 aliphatic rings. The lowest BCUT2D eigenvalue weighted by atomic mass is 10.2. The van der Waals surface area contributed by atoms with Crippen LogP contribution in [0.1, 0.15) is 25.8 Å². The minimum absolute atomic E-state index is 0.684. The molecule has 0 amide bonds. The Labute approximate surface area is 171 Å². The summed E-state index contributed by atoms with van der Waals surface area (Å²) in [7, 11) is 2.16. The zero-order valence-electron chi connectivity index (χ0n) is 16.8. The Morgan fingerprint density at radius 3 is 2.43 bits per heavy atom. The minimum atomic E-state index is 0.684. The van der Waals surface area contributed by atoms with Gasteiger partial charge in [0.15, 0.2) is 12.5 Å². The molecular weight excluding hydrogens is 370 g/mol. The molecule has 0 saturated heterocycles. The van der Waals surface area contributed by atoms with Crippen LogP contribution in [0.5, 0.6) is 5.75 Å². The zero-order chi connectivity index (χ0) is 19.9. The van der Waals surface area contributed by atoms with Crippen LogP contribution in [0.25, 0.3) is 11.4 Å². The Morgan fingerprint density at radius 1 is 1.07 bits per heavy atom. The Kier molecular flexibility index (Phi) is 6.95. The first-order chi connectivity index (χ1) is 13.6. The highest BCUT2D eigenvalue weighted by molar-refractivity contribution is 7.71. The van der Waals surface area contributed by atoms with Gasteiger partial charge in [0, 0.05) is 30.1 Å². The zero-order valence-corrected chi connectivity index (χ0v) is 17.6. The van der Waals surface area contributed by atoms with E-state index in [-0.39, 0.29) is 0 Å². The van der Waals surface area contributed by atoms with Gasteiger partial charge in [0.2, 0.25) is 4.77 Å². The number of quaternary nitrogens is 1. The average Bonchev–Trinajstić information content (AvgIpc) is 3.00. The van der Waals surface area contributed by atoms with Crippen LogP contribution in [0.4, 0.5) is 0 Å². The molecule has 3 aromatic rings. The number of aromatic nitrogens is 4. The van der Waals surface area contributed by atoms with E-state index in [1.54, 1.807) is 12.4 Å². The summed E-state index contributed by atoms with van der Waals surface area (Å²) in [6, 6.07) is 12.2. The molecule has 0 aliphatic carbocycles. The maximum atomic E-state index is 5.73. The Balaban J connectivity index is 1.77. The molecule has 1 aromatic carbocycles. The molecule has 28 heavy (non-hydrogen) atoms. The van der Waals surface area contributed by atoms with Crippen molar-refractivity contribution in [1.29, 1.82) is 0 Å². The molecule has 148 valence electrons. The molecule has 1 unspecified atom stereocenters. The fourth-order valence-corrected chi connectivity index (χ4v) is 3.50. The third-order valence-electron chi connectivity index (χ3n) is 4.47. The van der Waals surface area contributed by atoms with E-state index in [4.69, 9.17) is 22.1 Å². The van der Waals surface area contributed by atoms with E-state index in [9.17, 15) is 0 Å². The predicted molar refractivity (Wildman–Crippen MR) is 113 cm³/mol. The molecule has 0 fully saturated rings. The van der Waals surface area contributed by atoms with E-state index in [0.717, 1.165) is 41.4 Å². The maximum absolute atomic E-state index is 5.73. The number of nitrogens with one attached hydrogen (secondary N) is 1. The van der Waals surface area contributed by atoms with Crippen molar-refractivity contribution in [2.75, 3.05) is 13.7 Å². The van der Waals surface area contributed by atoms with Crippen molar-refractivity contribution in [3.63, 3.8) is 0 Å². The first-order valence-electron chi connectivity index (χ1n) is 9.73. The van der Waals surface area contributed by atoms with E-state index in [0.29, 0.717) is 13.3 Å². The summed E-state index contributed by atoms with van der Waals surface area (Å²) in [6.07, 6.45) is 4.58. The van der Waals surface area contributed by atoms with Gasteiger partial charge in [-0.15, -0.1) is 5.10 Å². The van der Waals surface area contributed by atoms with E-state index in [1.165, 1.54) is 10.5 Å². The Bertz CT molecular complexity index is 934. The van der Waals surface area contributed by atoms with Gasteiger partial charge in [-0.25, -0.2) is 0 Å². The molecule has 6 nitrogen and oxygen atoms in total. The summed E-state index contributed by atoms with van der Waals surface area (Å²) in [6.45, 7) is 7.28. The first kappa shape index (κ1) is 20.2. The van der Waals surface area contributed by atoms with Gasteiger partial charge >= 0.3 is 0 Å². The summed E-state index contributed by atoms with van der Waals surface area (Å²) in [5, 5.41) is 4.83. The third-order valence-corrected chi connectivity index (χ3v) is 4.90. The van der Waals surface area contributed by atoms with E-state index in [2.05, 4.69) is 35.7 Å². The number of ether oxygens (including phenoxy) is 1. The number of hydrogen-bond donors (Lipinski definition) is 1. The fourth-order valence-electron chi connectivity index (χ4n) is 3.21. The molecule has 2 heterocycles. The van der Waals surface area contributed by atoms with Crippen molar-refractivity contribution in [2.24, 2.45) is 0 Å². The van der Waals surface area contributed by atoms with Crippen LogP contribution >= 0.6 is 12.2 Å². The van der Waals surface area contributed by atoms with Gasteiger partial charge < -0.3 is 9.64 Å². The van der Waals surface area contributed by atoms with Gasteiger partial charge in [0.1, 0.15) is 12.3 Å². The molecule has 1 atom stereocenters. The largest absolute Gasteiger partial charge is 0.494 e. The van der Waals surface area contributed by atoms with Crippen molar-refractivity contribution in [1.82, 2.24) is 19.3 Å². The van der Waals surface area contributed by atoms with Crippen molar-refractivity contribution < 1.29 is 9.64 Å². The second-order valence-electron chi connectivity index (χ2n) is 6.86. The second kappa shape index (κ2) is 9.61. The first-order valence-corrected chi connectivity index (χ1v) is 10.1. The minimum Gasteiger partial charge on any atom is -0.494 e. The van der Waals surface area contributed by atoms with Gasteiger partial charge in [-0.3, -0.25) is 9.55 Å². The molecule has 0 saturated carbocycles. The van der Waals surface area contributed by atoms with Crippen LogP contribution < -0.4 is 9.64 Å². The summed E-state index contributed by atoms with van der Waals surface area (Å²) in [4.78, 5) is 5.41. The van der Waals surface area contributed by atoms with Gasteiger partial charge in [0.25, 0.3) is 0 Å². The van der Waals surface area contributed by atoms with Crippen molar-refractivity contribution in [3.8, 4) is 17.1 Å². The highest BCUT2D eigenvalue weighted by Crippen LogP contribution is 2.17. The summed E-state index contributed by atoms with van der Waals surface area (Å²) in [5.74, 6) is 1.81. The van der Waals surface area contributed by atoms with Crippen LogP contribution in [-0.4, -0.2) is 33.0 Å². The number of nitrogens with zero attached hydrogens (tertiary/aromatic N) is 4. The smallest absolute Gasteiger partial charge is 0.203 e. The number of pyridine rings is 1. The number of rotatable bonds is 9. The highest BCUT2D eigenvalue weighted by atomic mass is 32.1. The predicted octanol–water partition coefficient (Wildman–Crippen LogP) is 2.96. The SMILES string of the molecule is CCCn1c(-c2ccncc2)nn(C[NH+](C)Cc2ccc(OCC)cc2)c1=S. The van der Waals surface area contributed by atoms with Crippen LogP contribution in [-0.2, 0) is 19.8 Å². The molecule has 0 aliphatic heterocycles. The summed E-state index contributed by atoms with van der Waals surface area (Å²) < 4.78 is 10.3. The van der Waals surface area contributed by atoms with Crippen molar-refractivity contribution >= 4 is 12.2 Å². The fraction of sp³-hybridized carbons (Fsp3) is 0.381. The van der Waals surface area contributed by atoms with Crippen molar-refractivity contribution in [3.05, 3.63) is 59.1 Å². The van der Waals surface area contributed by atoms with Gasteiger partial charge in [-0.05, 0) is 62.0 Å². The van der Waals surface area contributed by atoms with E-state index >= 15 is 0 Å². The Hall–Kier alpha value is -2.51. The van der Waals surface area contributed by atoms with Gasteiger partial charge in [-0.2, -0.15) is 4.68 Å². The van der Waals surface area contributed by atoms with E-state index in [1.807, 2.05) is 35.9 Å². The second-order valence-corrected chi connectivity index (χ2v) is 7.23. The number of hydrogen-bond acceptors (Lipinski definition) is 4. The molecule has 0 spiro atoms. The van der Waals surface area contributed by atoms with Crippen LogP contribution in [0.15, 0.2) is 48.8 Å². The van der Waals surface area contributed by atoms with Crippen molar-refractivity contribution in [2.45, 2.75) is 40.0 Å². The third kappa shape index (κ3) is 4.85. The monoisotopic (exact) mass is 398 g/mol. The van der Waals surface area contributed by atoms with Gasteiger partial charge in [-0.1, -0.05) is 6.92 Å². The summed E-state index contributed by atoms with van der Waals surface area (Å²) in [5.41, 5.74) is 2.30. The molecular formula is C21H28N5OS+. The lowest BCUT2D eigenvalue weighted by Gasteiger charge is -2.14. The number of benzene rings is 1. The average molecular weight is 399 g/mol. The molecule has 1 N–H and O–H groups in total. The van der Waals surface area contributed by atoms with E-state index < -0.39 is 0 Å². The van der Waals surface area contributed by atoms with Gasteiger partial charge in [0.05, 0.1) is 13.7 Å². The summed E-state index contributed by atoms with van der Waals surface area (Å²) >= 11 is 5.73. The highest BCUT2D eigenvalue weighted by Gasteiger charge is 2.15. The quantitative estimate of drug-likeness (QED) is 0.563. The molecule has 0 bridgehead atoms. The van der Waals surface area contributed by atoms with Crippen LogP contribution in [0, 0.1) is 4.77 Å². The topological polar surface area (TPSA) is 49.3 Å². The maximum Gasteiger partial charge on any atom is 0.203 e. The molecule has 7 heteroatoms. The lowest BCUT2D eigenvalue weighted by molar-refractivity contribution is -0.917. The molecule has 3 rings (SSSR count). The lowest BCUT2D eigenvalue weighted by Crippen LogP contribution is -3.07. The molecule has 0 radical (unpaired) electrons. The normalized spacial score (nSPS) is 12.1. The standard InChI is InChI=1S/C21H27N5OS/c1-4-14-25-20(18-10-12-22-13-11-18)23-26(21(25)28)16-24(3)15-17-6-8-19(9-7-17)27-5-2/h6-13H,4-5,14-16H2,1-3H3/p+1.